The van der Waals surface area contributed by atoms with E-state index < -0.39 is 0 Å². The fraction of sp³-hybridized carbons (Fsp3) is 0.158. The van der Waals surface area contributed by atoms with E-state index >= 15 is 0 Å². The van der Waals surface area contributed by atoms with Crippen LogP contribution in [0.4, 0.5) is 0 Å². The molecular weight excluding hydrogens is 407 g/mol. The second kappa shape index (κ2) is 9.08. The van der Waals surface area contributed by atoms with Gasteiger partial charge in [-0.25, -0.2) is 0 Å². The lowest BCUT2D eigenvalue weighted by molar-refractivity contribution is 0.0926. The fourth-order valence-corrected chi connectivity index (χ4v) is 3.39. The highest BCUT2D eigenvalue weighted by molar-refractivity contribution is 7.12. The van der Waals surface area contributed by atoms with Crippen molar-refractivity contribution in [2.24, 2.45) is 0 Å². The predicted octanol–water partition coefficient (Wildman–Crippen LogP) is 4.86. The van der Waals surface area contributed by atoms with Crippen molar-refractivity contribution in [3.05, 3.63) is 68.5 Å². The predicted molar refractivity (Wildman–Crippen MR) is 108 cm³/mol. The van der Waals surface area contributed by atoms with Crippen LogP contribution >= 0.6 is 34.5 Å². The molecule has 0 aliphatic heterocycles. The Bertz CT molecular complexity index is 938. The Balaban J connectivity index is 1.47. The van der Waals surface area contributed by atoms with E-state index in [1.807, 2.05) is 11.4 Å². The van der Waals surface area contributed by atoms with Crippen LogP contribution in [0.5, 0.6) is 0 Å². The van der Waals surface area contributed by atoms with Gasteiger partial charge in [-0.1, -0.05) is 29.3 Å². The van der Waals surface area contributed by atoms with Gasteiger partial charge in [-0.3, -0.25) is 9.59 Å². The minimum atomic E-state index is -0.330. The summed E-state index contributed by atoms with van der Waals surface area (Å²) in [7, 11) is 0. The van der Waals surface area contributed by atoms with Gasteiger partial charge in [0.2, 0.25) is 0 Å². The molecule has 0 radical (unpaired) electrons. The molecule has 3 aromatic rings. The summed E-state index contributed by atoms with van der Waals surface area (Å²) < 4.78 is 5.59. The molecule has 27 heavy (non-hydrogen) atoms. The smallest absolute Gasteiger partial charge is 0.287 e. The Hall–Kier alpha value is -2.28. The van der Waals surface area contributed by atoms with Crippen molar-refractivity contribution in [3.8, 4) is 11.3 Å². The van der Waals surface area contributed by atoms with Crippen LogP contribution in [0.25, 0.3) is 11.3 Å². The Morgan fingerprint density at radius 1 is 1.00 bits per heavy atom. The van der Waals surface area contributed by atoms with Crippen LogP contribution in [0.15, 0.2) is 52.3 Å². The highest BCUT2D eigenvalue weighted by Crippen LogP contribution is 2.31. The summed E-state index contributed by atoms with van der Waals surface area (Å²) in [6.07, 6.45) is 0.608. The van der Waals surface area contributed by atoms with Gasteiger partial charge in [0.05, 0.1) is 9.90 Å². The number of amides is 2. The number of hydrogen-bond donors (Lipinski definition) is 2. The molecule has 2 amide bonds. The number of nitrogens with one attached hydrogen (secondary N) is 2. The van der Waals surface area contributed by atoms with Crippen LogP contribution in [0, 0.1) is 0 Å². The van der Waals surface area contributed by atoms with Crippen molar-refractivity contribution in [2.45, 2.75) is 6.42 Å². The van der Waals surface area contributed by atoms with E-state index in [-0.39, 0.29) is 17.6 Å². The average molecular weight is 423 g/mol. The Labute approximate surface area is 170 Å². The first-order chi connectivity index (χ1) is 13.0. The van der Waals surface area contributed by atoms with Crippen molar-refractivity contribution >= 4 is 46.4 Å². The third-order valence-electron chi connectivity index (χ3n) is 3.69. The third-order valence-corrected chi connectivity index (χ3v) is 5.13. The number of furan rings is 1. The number of carbonyl (C=O) groups is 2. The SMILES string of the molecule is O=C(NCCCNC(=O)c1cccs1)c1ccc(-c2cc(Cl)ccc2Cl)o1. The summed E-state index contributed by atoms with van der Waals surface area (Å²) in [6, 6.07) is 11.9. The highest BCUT2D eigenvalue weighted by Gasteiger charge is 2.14. The number of rotatable bonds is 7. The Kier molecular flexibility index (Phi) is 6.55. The molecule has 0 saturated heterocycles. The molecule has 8 heteroatoms. The van der Waals surface area contributed by atoms with Gasteiger partial charge >= 0.3 is 0 Å². The Morgan fingerprint density at radius 2 is 1.78 bits per heavy atom. The van der Waals surface area contributed by atoms with E-state index in [0.29, 0.717) is 45.8 Å². The van der Waals surface area contributed by atoms with Crippen LogP contribution in [0.1, 0.15) is 26.6 Å². The van der Waals surface area contributed by atoms with E-state index in [0.717, 1.165) is 0 Å². The monoisotopic (exact) mass is 422 g/mol. The average Bonchev–Trinajstić information content (AvgIpc) is 3.35. The van der Waals surface area contributed by atoms with Crippen molar-refractivity contribution in [2.75, 3.05) is 13.1 Å². The second-order valence-electron chi connectivity index (χ2n) is 5.63. The maximum atomic E-state index is 12.2. The van der Waals surface area contributed by atoms with Crippen LogP contribution in [0.2, 0.25) is 10.0 Å². The molecule has 0 aliphatic rings. The van der Waals surface area contributed by atoms with E-state index in [4.69, 9.17) is 27.6 Å². The summed E-state index contributed by atoms with van der Waals surface area (Å²) in [5.74, 6) is 0.217. The summed E-state index contributed by atoms with van der Waals surface area (Å²) in [5.41, 5.74) is 0.625. The van der Waals surface area contributed by atoms with Gasteiger partial charge in [-0.2, -0.15) is 0 Å². The molecule has 0 spiro atoms. The van der Waals surface area contributed by atoms with Gasteiger partial charge in [0.1, 0.15) is 5.76 Å². The third kappa shape index (κ3) is 5.13. The maximum absolute atomic E-state index is 12.2. The lowest BCUT2D eigenvalue weighted by Crippen LogP contribution is -2.29. The highest BCUT2D eigenvalue weighted by atomic mass is 35.5. The van der Waals surface area contributed by atoms with Crippen LogP contribution in [0.3, 0.4) is 0 Å². The molecule has 0 atom stereocenters. The summed E-state index contributed by atoms with van der Waals surface area (Å²) in [6.45, 7) is 0.885. The molecule has 2 heterocycles. The molecule has 0 unspecified atom stereocenters. The molecule has 3 rings (SSSR count). The minimum Gasteiger partial charge on any atom is -0.451 e. The molecule has 0 aliphatic carbocycles. The minimum absolute atomic E-state index is 0.106. The number of thiophene rings is 1. The first-order valence-corrected chi connectivity index (χ1v) is 9.83. The van der Waals surface area contributed by atoms with Crippen molar-refractivity contribution < 1.29 is 14.0 Å². The van der Waals surface area contributed by atoms with Crippen molar-refractivity contribution in [1.29, 1.82) is 0 Å². The number of hydrogen-bond acceptors (Lipinski definition) is 4. The molecule has 5 nitrogen and oxygen atoms in total. The molecule has 1 aromatic carbocycles. The van der Waals surface area contributed by atoms with Crippen LogP contribution in [-0.2, 0) is 0 Å². The van der Waals surface area contributed by atoms with E-state index in [2.05, 4.69) is 10.6 Å². The zero-order valence-electron chi connectivity index (χ0n) is 14.1. The molecule has 0 bridgehead atoms. The number of benzene rings is 1. The zero-order valence-corrected chi connectivity index (χ0v) is 16.5. The molecule has 2 N–H and O–H groups in total. The quantitative estimate of drug-likeness (QED) is 0.533. The largest absolute Gasteiger partial charge is 0.451 e. The zero-order chi connectivity index (χ0) is 19.2. The molecule has 140 valence electrons. The summed E-state index contributed by atoms with van der Waals surface area (Å²) in [5, 5.41) is 8.43. The topological polar surface area (TPSA) is 71.3 Å². The van der Waals surface area contributed by atoms with Gasteiger partial charge in [0.15, 0.2) is 5.76 Å². The lowest BCUT2D eigenvalue weighted by atomic mass is 10.2. The molecule has 0 saturated carbocycles. The number of halogens is 2. The van der Waals surface area contributed by atoms with Gasteiger partial charge in [-0.05, 0) is 48.2 Å². The molecule has 0 fully saturated rings. The first kappa shape index (κ1) is 19.5. The normalized spacial score (nSPS) is 10.6. The van der Waals surface area contributed by atoms with Crippen molar-refractivity contribution in [1.82, 2.24) is 10.6 Å². The number of carbonyl (C=O) groups excluding carboxylic acids is 2. The lowest BCUT2D eigenvalue weighted by Gasteiger charge is -2.05. The van der Waals surface area contributed by atoms with E-state index in [1.165, 1.54) is 11.3 Å². The van der Waals surface area contributed by atoms with Gasteiger partial charge in [0.25, 0.3) is 11.8 Å². The maximum Gasteiger partial charge on any atom is 0.287 e. The molecular formula is C19H16Cl2N2O3S. The second-order valence-corrected chi connectivity index (χ2v) is 7.42. The van der Waals surface area contributed by atoms with Crippen LogP contribution in [-0.4, -0.2) is 24.9 Å². The fourth-order valence-electron chi connectivity index (χ4n) is 2.37. The van der Waals surface area contributed by atoms with Gasteiger partial charge in [-0.15, -0.1) is 11.3 Å². The summed E-state index contributed by atoms with van der Waals surface area (Å²) >= 11 is 13.5. The van der Waals surface area contributed by atoms with E-state index in [9.17, 15) is 9.59 Å². The van der Waals surface area contributed by atoms with Gasteiger partial charge in [0, 0.05) is 23.7 Å². The van der Waals surface area contributed by atoms with Gasteiger partial charge < -0.3 is 15.1 Å². The first-order valence-electron chi connectivity index (χ1n) is 8.20. The standard InChI is InChI=1S/C19H16Cl2N2O3S/c20-12-4-5-14(21)13(11-12)15-6-7-16(26-15)18(24)22-8-2-9-23-19(25)17-3-1-10-27-17/h1,3-7,10-11H,2,8-9H2,(H,22,24)(H,23,25). The Morgan fingerprint density at radius 3 is 2.52 bits per heavy atom. The van der Waals surface area contributed by atoms with Crippen LogP contribution < -0.4 is 10.6 Å². The summed E-state index contributed by atoms with van der Waals surface area (Å²) in [4.78, 5) is 24.6. The van der Waals surface area contributed by atoms with E-state index in [1.54, 1.807) is 36.4 Å². The molecule has 2 aromatic heterocycles. The van der Waals surface area contributed by atoms with Crippen molar-refractivity contribution in [3.63, 3.8) is 0 Å².